The van der Waals surface area contributed by atoms with Crippen molar-refractivity contribution in [1.82, 2.24) is 20.1 Å². The molecule has 1 saturated heterocycles. The molecule has 2 aromatic rings. The highest BCUT2D eigenvalue weighted by Gasteiger charge is 2.34. The molecular formula is C14H14N4O3. The minimum absolute atomic E-state index is 0.0506. The van der Waals surface area contributed by atoms with Gasteiger partial charge in [-0.05, 0) is 0 Å². The number of aromatic nitrogens is 3. The van der Waals surface area contributed by atoms with Crippen LogP contribution in [0.15, 0.2) is 30.3 Å². The van der Waals surface area contributed by atoms with Crippen LogP contribution in [0.1, 0.15) is 12.2 Å². The summed E-state index contributed by atoms with van der Waals surface area (Å²) in [6.07, 6.45) is 0.0506. The molecule has 2 heterocycles. The molecule has 0 radical (unpaired) electrons. The van der Waals surface area contributed by atoms with Gasteiger partial charge in [-0.1, -0.05) is 30.3 Å². The summed E-state index contributed by atoms with van der Waals surface area (Å²) in [5.41, 5.74) is 0.885. The zero-order valence-electron chi connectivity index (χ0n) is 11.2. The van der Waals surface area contributed by atoms with Gasteiger partial charge in [0.15, 0.2) is 5.82 Å². The summed E-state index contributed by atoms with van der Waals surface area (Å²) in [5.74, 6) is -0.622. The fraction of sp³-hybridized carbons (Fsp3) is 0.286. The lowest BCUT2D eigenvalue weighted by molar-refractivity contribution is -0.141. The highest BCUT2D eigenvalue weighted by Crippen LogP contribution is 2.20. The molecule has 0 spiro atoms. The van der Waals surface area contributed by atoms with Gasteiger partial charge in [0.2, 0.25) is 5.91 Å². The van der Waals surface area contributed by atoms with Crippen LogP contribution in [0, 0.1) is 5.92 Å². The van der Waals surface area contributed by atoms with Gasteiger partial charge >= 0.3 is 5.97 Å². The molecule has 2 N–H and O–H groups in total. The van der Waals surface area contributed by atoms with Gasteiger partial charge in [0.25, 0.3) is 0 Å². The Labute approximate surface area is 120 Å². The van der Waals surface area contributed by atoms with E-state index in [9.17, 15) is 9.59 Å². The van der Waals surface area contributed by atoms with E-state index in [2.05, 4.69) is 15.2 Å². The first-order valence-corrected chi connectivity index (χ1v) is 6.61. The van der Waals surface area contributed by atoms with Gasteiger partial charge in [-0.2, -0.15) is 5.10 Å². The second-order valence-corrected chi connectivity index (χ2v) is 4.99. The van der Waals surface area contributed by atoms with E-state index < -0.39 is 11.9 Å². The molecule has 0 aliphatic carbocycles. The van der Waals surface area contributed by atoms with Crippen molar-refractivity contribution in [2.24, 2.45) is 5.92 Å². The Morgan fingerprint density at radius 1 is 1.38 bits per heavy atom. The molecule has 3 rings (SSSR count). The summed E-state index contributed by atoms with van der Waals surface area (Å²) in [6.45, 7) is 0.470. The molecule has 108 valence electrons. The molecule has 1 atom stereocenters. The van der Waals surface area contributed by atoms with Gasteiger partial charge in [-0.25, -0.2) is 4.98 Å². The maximum absolute atomic E-state index is 11.8. The molecule has 0 saturated carbocycles. The number of nitrogens with zero attached hydrogens (tertiary/aromatic N) is 3. The molecule has 1 aromatic carbocycles. The normalized spacial score (nSPS) is 18.2. The van der Waals surface area contributed by atoms with Crippen molar-refractivity contribution in [2.75, 3.05) is 6.54 Å². The number of carboxylic acids is 1. The molecule has 1 amide bonds. The average molecular weight is 286 g/mol. The number of likely N-dealkylation sites (tertiary alicyclic amines) is 1. The van der Waals surface area contributed by atoms with Crippen LogP contribution < -0.4 is 0 Å². The summed E-state index contributed by atoms with van der Waals surface area (Å²) in [5, 5.41) is 15.9. The number of aromatic amines is 1. The first kappa shape index (κ1) is 13.3. The molecule has 0 unspecified atom stereocenters. The van der Waals surface area contributed by atoms with Gasteiger partial charge < -0.3 is 10.0 Å². The van der Waals surface area contributed by atoms with Gasteiger partial charge in [0, 0.05) is 18.5 Å². The van der Waals surface area contributed by atoms with E-state index in [-0.39, 0.29) is 25.4 Å². The quantitative estimate of drug-likeness (QED) is 0.870. The standard InChI is InChI=1S/C14H14N4O3/c19-12-6-10(14(20)21)7-18(12)8-11-15-13(17-16-11)9-4-2-1-3-5-9/h1-5,10H,6-8H2,(H,20,21)(H,15,16,17)/t10-/m1/s1. The number of carbonyl (C=O) groups excluding carboxylic acids is 1. The molecular weight excluding hydrogens is 272 g/mol. The van der Waals surface area contributed by atoms with E-state index in [1.165, 1.54) is 4.90 Å². The zero-order chi connectivity index (χ0) is 14.8. The Morgan fingerprint density at radius 3 is 2.81 bits per heavy atom. The number of nitrogens with one attached hydrogen (secondary N) is 1. The lowest BCUT2D eigenvalue weighted by atomic mass is 10.1. The maximum atomic E-state index is 11.8. The van der Waals surface area contributed by atoms with Gasteiger partial charge in [-0.3, -0.25) is 14.7 Å². The number of carbonyl (C=O) groups is 2. The van der Waals surface area contributed by atoms with Crippen molar-refractivity contribution < 1.29 is 14.7 Å². The van der Waals surface area contributed by atoms with Crippen molar-refractivity contribution in [3.8, 4) is 11.4 Å². The summed E-state index contributed by atoms with van der Waals surface area (Å²) < 4.78 is 0. The minimum atomic E-state index is -0.937. The third-order valence-electron chi connectivity index (χ3n) is 3.47. The summed E-state index contributed by atoms with van der Waals surface area (Å²) >= 11 is 0. The van der Waals surface area contributed by atoms with Crippen LogP contribution in [-0.4, -0.2) is 43.6 Å². The Balaban J connectivity index is 1.71. The molecule has 1 fully saturated rings. The van der Waals surface area contributed by atoms with Crippen LogP contribution in [0.3, 0.4) is 0 Å². The van der Waals surface area contributed by atoms with Crippen LogP contribution in [0.25, 0.3) is 11.4 Å². The predicted octanol–water partition coefficient (Wildman–Crippen LogP) is 0.905. The first-order chi connectivity index (χ1) is 10.1. The Kier molecular flexibility index (Phi) is 3.39. The van der Waals surface area contributed by atoms with E-state index >= 15 is 0 Å². The molecule has 1 aliphatic rings. The number of carboxylic acid groups (broad SMARTS) is 1. The first-order valence-electron chi connectivity index (χ1n) is 6.61. The number of amides is 1. The Hall–Kier alpha value is -2.70. The maximum Gasteiger partial charge on any atom is 0.308 e. The SMILES string of the molecule is O=C(O)[C@@H]1CC(=O)N(Cc2nc(-c3ccccc3)n[nH]2)C1. The second-order valence-electron chi connectivity index (χ2n) is 4.99. The van der Waals surface area contributed by atoms with Crippen molar-refractivity contribution in [2.45, 2.75) is 13.0 Å². The fourth-order valence-corrected chi connectivity index (χ4v) is 2.35. The average Bonchev–Trinajstić information content (AvgIpc) is 3.08. The van der Waals surface area contributed by atoms with E-state index in [1.807, 2.05) is 30.3 Å². The summed E-state index contributed by atoms with van der Waals surface area (Å²) in [7, 11) is 0. The number of rotatable bonds is 4. The van der Waals surface area contributed by atoms with Crippen molar-refractivity contribution in [3.05, 3.63) is 36.2 Å². The Morgan fingerprint density at radius 2 is 2.14 bits per heavy atom. The van der Waals surface area contributed by atoms with Crippen LogP contribution in [0.2, 0.25) is 0 Å². The van der Waals surface area contributed by atoms with E-state index in [4.69, 9.17) is 5.11 Å². The molecule has 21 heavy (non-hydrogen) atoms. The van der Waals surface area contributed by atoms with Crippen LogP contribution >= 0.6 is 0 Å². The molecule has 7 nitrogen and oxygen atoms in total. The third kappa shape index (κ3) is 2.76. The monoisotopic (exact) mass is 286 g/mol. The number of aliphatic carboxylic acids is 1. The minimum Gasteiger partial charge on any atom is -0.481 e. The van der Waals surface area contributed by atoms with Gasteiger partial charge in [0.05, 0.1) is 12.5 Å². The number of hydrogen-bond donors (Lipinski definition) is 2. The topological polar surface area (TPSA) is 99.2 Å². The van der Waals surface area contributed by atoms with Crippen molar-refractivity contribution >= 4 is 11.9 Å². The van der Waals surface area contributed by atoms with Crippen molar-refractivity contribution in [3.63, 3.8) is 0 Å². The summed E-state index contributed by atoms with van der Waals surface area (Å²) in [6, 6.07) is 9.49. The van der Waals surface area contributed by atoms with Crippen LogP contribution in [-0.2, 0) is 16.1 Å². The lowest BCUT2D eigenvalue weighted by Gasteiger charge is -2.13. The van der Waals surface area contributed by atoms with Gasteiger partial charge in [-0.15, -0.1) is 0 Å². The third-order valence-corrected chi connectivity index (χ3v) is 3.47. The van der Waals surface area contributed by atoms with Crippen LogP contribution in [0.4, 0.5) is 0 Å². The van der Waals surface area contributed by atoms with Gasteiger partial charge in [0.1, 0.15) is 5.82 Å². The largest absolute Gasteiger partial charge is 0.481 e. The molecule has 1 aliphatic heterocycles. The predicted molar refractivity (Wildman–Crippen MR) is 73.0 cm³/mol. The molecule has 0 bridgehead atoms. The van der Waals surface area contributed by atoms with E-state index in [0.29, 0.717) is 11.6 Å². The number of benzene rings is 1. The number of H-pyrrole nitrogens is 1. The molecule has 7 heteroatoms. The lowest BCUT2D eigenvalue weighted by Crippen LogP contribution is -2.26. The van der Waals surface area contributed by atoms with Crippen LogP contribution in [0.5, 0.6) is 0 Å². The smallest absolute Gasteiger partial charge is 0.308 e. The molecule has 1 aromatic heterocycles. The fourth-order valence-electron chi connectivity index (χ4n) is 2.35. The van der Waals surface area contributed by atoms with E-state index in [0.717, 1.165) is 5.56 Å². The Bertz CT molecular complexity index is 668. The van der Waals surface area contributed by atoms with Crippen molar-refractivity contribution in [1.29, 1.82) is 0 Å². The second kappa shape index (κ2) is 5.35. The summed E-state index contributed by atoms with van der Waals surface area (Å²) in [4.78, 5) is 28.5. The highest BCUT2D eigenvalue weighted by atomic mass is 16.4. The zero-order valence-corrected chi connectivity index (χ0v) is 11.2. The number of hydrogen-bond acceptors (Lipinski definition) is 4. The highest BCUT2D eigenvalue weighted by molar-refractivity contribution is 5.86. The van der Waals surface area contributed by atoms with E-state index in [1.54, 1.807) is 0 Å².